The summed E-state index contributed by atoms with van der Waals surface area (Å²) in [6.07, 6.45) is 1.18. The van der Waals surface area contributed by atoms with E-state index < -0.39 is 11.7 Å². The van der Waals surface area contributed by atoms with Gasteiger partial charge in [-0.2, -0.15) is 0 Å². The number of aromatic nitrogens is 3. The van der Waals surface area contributed by atoms with Crippen molar-refractivity contribution >= 4 is 17.1 Å². The minimum Gasteiger partial charge on any atom is -0.444 e. The molecule has 176 valence electrons. The van der Waals surface area contributed by atoms with Crippen molar-refractivity contribution in [2.24, 2.45) is 5.92 Å². The summed E-state index contributed by atoms with van der Waals surface area (Å²) in [7, 11) is 0. The van der Waals surface area contributed by atoms with Crippen molar-refractivity contribution in [1.29, 1.82) is 0 Å². The Morgan fingerprint density at radius 3 is 2.48 bits per heavy atom. The third-order valence-corrected chi connectivity index (χ3v) is 5.05. The highest BCUT2D eigenvalue weighted by molar-refractivity contribution is 5.73. The molecule has 1 atom stereocenters. The minimum absolute atomic E-state index is 0.119. The molecule has 0 saturated heterocycles. The van der Waals surface area contributed by atoms with E-state index >= 15 is 0 Å². The van der Waals surface area contributed by atoms with Gasteiger partial charge >= 0.3 is 6.09 Å². The first-order valence-electron chi connectivity index (χ1n) is 11.3. The highest BCUT2D eigenvalue weighted by Crippen LogP contribution is 2.21. The molecular weight excluding hydrogens is 418 g/mol. The number of fused-ring (bicyclic) bond motifs is 1. The van der Waals surface area contributed by atoms with Crippen LogP contribution in [0.2, 0.25) is 0 Å². The van der Waals surface area contributed by atoms with Crippen molar-refractivity contribution in [3.8, 4) is 0 Å². The summed E-state index contributed by atoms with van der Waals surface area (Å²) in [5.74, 6) is 0.768. The van der Waals surface area contributed by atoms with Crippen LogP contribution < -0.4 is 16.2 Å². The van der Waals surface area contributed by atoms with Gasteiger partial charge in [0.1, 0.15) is 11.4 Å². The monoisotopic (exact) mass is 451 g/mol. The van der Waals surface area contributed by atoms with Crippen LogP contribution in [0.25, 0.3) is 11.0 Å². The third kappa shape index (κ3) is 6.61. The predicted molar refractivity (Wildman–Crippen MR) is 129 cm³/mol. The molecule has 0 bridgehead atoms. The van der Waals surface area contributed by atoms with E-state index in [9.17, 15) is 9.59 Å². The zero-order chi connectivity index (χ0) is 24.0. The highest BCUT2D eigenvalue weighted by atomic mass is 16.6. The van der Waals surface area contributed by atoms with Gasteiger partial charge in [-0.3, -0.25) is 9.36 Å². The van der Waals surface area contributed by atoms with Crippen LogP contribution in [0.3, 0.4) is 0 Å². The fourth-order valence-electron chi connectivity index (χ4n) is 3.56. The third-order valence-electron chi connectivity index (χ3n) is 5.05. The van der Waals surface area contributed by atoms with Crippen LogP contribution in [0.5, 0.6) is 0 Å². The summed E-state index contributed by atoms with van der Waals surface area (Å²) >= 11 is 0. The van der Waals surface area contributed by atoms with E-state index in [4.69, 9.17) is 9.72 Å². The summed E-state index contributed by atoms with van der Waals surface area (Å²) in [6, 6.07) is 13.1. The number of amides is 1. The Balaban J connectivity index is 1.87. The molecular formula is C25H33N5O3. The number of hydrogen-bond acceptors (Lipinski definition) is 6. The average molecular weight is 452 g/mol. The molecule has 33 heavy (non-hydrogen) atoms. The molecule has 2 aromatic heterocycles. The lowest BCUT2D eigenvalue weighted by Gasteiger charge is -2.26. The maximum absolute atomic E-state index is 13.4. The molecule has 0 fully saturated rings. The first-order chi connectivity index (χ1) is 15.7. The fraction of sp³-hybridized carbons (Fsp3) is 0.440. The van der Waals surface area contributed by atoms with Crippen molar-refractivity contribution in [3.63, 3.8) is 0 Å². The van der Waals surface area contributed by atoms with Crippen molar-refractivity contribution in [2.75, 3.05) is 13.1 Å². The molecule has 0 saturated carbocycles. The number of pyridine rings is 1. The molecule has 0 spiro atoms. The molecule has 1 unspecified atom stereocenters. The largest absolute Gasteiger partial charge is 0.444 e. The normalized spacial score (nSPS) is 12.7. The van der Waals surface area contributed by atoms with E-state index in [1.807, 2.05) is 51.1 Å². The van der Waals surface area contributed by atoms with Gasteiger partial charge in [0, 0.05) is 19.3 Å². The van der Waals surface area contributed by atoms with Gasteiger partial charge in [-0.05, 0) is 44.4 Å². The van der Waals surface area contributed by atoms with Crippen molar-refractivity contribution < 1.29 is 9.53 Å². The smallest absolute Gasteiger partial charge is 0.407 e. The van der Waals surface area contributed by atoms with Crippen LogP contribution in [0.4, 0.5) is 4.79 Å². The summed E-state index contributed by atoms with van der Waals surface area (Å²) in [6.45, 7) is 10.9. The standard InChI is InChI=1S/C25H33N5O3/c1-17(2)20(26-14-15-28-24(32)33-25(3,4)5)22-29-21-19(12-9-13-27-21)23(31)30(22)16-18-10-7-6-8-11-18/h6-13,17,20,26H,14-16H2,1-5H3,(H,28,32). The summed E-state index contributed by atoms with van der Waals surface area (Å²) in [5.41, 5.74) is 0.778. The Bertz CT molecular complexity index is 1140. The summed E-state index contributed by atoms with van der Waals surface area (Å²) in [5, 5.41) is 6.70. The van der Waals surface area contributed by atoms with Crippen LogP contribution in [0, 0.1) is 5.92 Å². The fourth-order valence-corrected chi connectivity index (χ4v) is 3.56. The Morgan fingerprint density at radius 2 is 1.82 bits per heavy atom. The lowest BCUT2D eigenvalue weighted by molar-refractivity contribution is 0.0527. The quantitative estimate of drug-likeness (QED) is 0.507. The minimum atomic E-state index is -0.548. The second kappa shape index (κ2) is 10.6. The zero-order valence-electron chi connectivity index (χ0n) is 20.0. The van der Waals surface area contributed by atoms with E-state index in [1.54, 1.807) is 22.9 Å². The van der Waals surface area contributed by atoms with Gasteiger partial charge in [-0.1, -0.05) is 44.2 Å². The topological polar surface area (TPSA) is 98.1 Å². The van der Waals surface area contributed by atoms with Gasteiger partial charge in [0.05, 0.1) is 18.0 Å². The van der Waals surface area contributed by atoms with Crippen LogP contribution in [0.1, 0.15) is 52.0 Å². The van der Waals surface area contributed by atoms with Gasteiger partial charge in [0.2, 0.25) is 0 Å². The number of carbonyl (C=O) groups is 1. The first kappa shape index (κ1) is 24.4. The van der Waals surface area contributed by atoms with E-state index in [-0.39, 0.29) is 17.5 Å². The number of alkyl carbamates (subject to hydrolysis) is 1. The number of carbonyl (C=O) groups excluding carboxylic acids is 1. The average Bonchev–Trinajstić information content (AvgIpc) is 2.75. The second-order valence-electron chi connectivity index (χ2n) is 9.33. The lowest BCUT2D eigenvalue weighted by Crippen LogP contribution is -2.40. The molecule has 0 aliphatic carbocycles. The molecule has 3 rings (SSSR count). The molecule has 1 amide bonds. The number of nitrogens with one attached hydrogen (secondary N) is 2. The molecule has 2 heterocycles. The second-order valence-corrected chi connectivity index (χ2v) is 9.33. The molecule has 3 aromatic rings. The highest BCUT2D eigenvalue weighted by Gasteiger charge is 2.23. The first-order valence-corrected chi connectivity index (χ1v) is 11.3. The van der Waals surface area contributed by atoms with Crippen LogP contribution >= 0.6 is 0 Å². The number of nitrogens with zero attached hydrogens (tertiary/aromatic N) is 3. The predicted octanol–water partition coefficient (Wildman–Crippen LogP) is 3.65. The molecule has 1 aromatic carbocycles. The maximum atomic E-state index is 13.4. The molecule has 8 nitrogen and oxygen atoms in total. The number of hydrogen-bond donors (Lipinski definition) is 2. The van der Waals surface area contributed by atoms with Gasteiger partial charge in [0.15, 0.2) is 5.65 Å². The number of benzene rings is 1. The summed E-state index contributed by atoms with van der Waals surface area (Å²) in [4.78, 5) is 34.5. The Labute approximate surface area is 194 Å². The van der Waals surface area contributed by atoms with Crippen LogP contribution in [-0.2, 0) is 11.3 Å². The number of ether oxygens (including phenoxy) is 1. The zero-order valence-corrected chi connectivity index (χ0v) is 20.0. The summed E-state index contributed by atoms with van der Waals surface area (Å²) < 4.78 is 7.00. The van der Waals surface area contributed by atoms with Gasteiger partial charge in [0.25, 0.3) is 5.56 Å². The van der Waals surface area contributed by atoms with Crippen molar-refractivity contribution in [3.05, 3.63) is 70.4 Å². The van der Waals surface area contributed by atoms with E-state index in [1.165, 1.54) is 0 Å². The molecule has 0 aliphatic rings. The lowest BCUT2D eigenvalue weighted by atomic mass is 10.0. The number of rotatable bonds is 8. The molecule has 0 radical (unpaired) electrons. The Hall–Kier alpha value is -3.26. The van der Waals surface area contributed by atoms with Gasteiger partial charge in [-0.15, -0.1) is 0 Å². The van der Waals surface area contributed by atoms with Crippen molar-refractivity contribution in [1.82, 2.24) is 25.2 Å². The van der Waals surface area contributed by atoms with E-state index in [0.717, 1.165) is 5.56 Å². The van der Waals surface area contributed by atoms with Gasteiger partial charge < -0.3 is 15.4 Å². The van der Waals surface area contributed by atoms with Crippen molar-refractivity contribution in [2.45, 2.75) is 52.8 Å². The maximum Gasteiger partial charge on any atom is 0.407 e. The SMILES string of the molecule is CC(C)C(NCCNC(=O)OC(C)(C)C)c1nc2ncccc2c(=O)n1Cc1ccccc1. The molecule has 8 heteroatoms. The molecule has 0 aliphatic heterocycles. The van der Waals surface area contributed by atoms with Gasteiger partial charge in [-0.25, -0.2) is 14.8 Å². The van der Waals surface area contributed by atoms with E-state index in [2.05, 4.69) is 29.5 Å². The Morgan fingerprint density at radius 1 is 1.09 bits per heavy atom. The Kier molecular flexibility index (Phi) is 7.81. The van der Waals surface area contributed by atoms with Crippen LogP contribution in [0.15, 0.2) is 53.5 Å². The van der Waals surface area contributed by atoms with E-state index in [0.29, 0.717) is 36.5 Å². The van der Waals surface area contributed by atoms with Crippen LogP contribution in [-0.4, -0.2) is 39.3 Å². The molecule has 2 N–H and O–H groups in total.